The monoisotopic (exact) mass is 248 g/mol. The molecular formula is C8H5F3N4O2. The number of H-pyrrole nitrogens is 1. The Hall–Kier alpha value is -2.32. The summed E-state index contributed by atoms with van der Waals surface area (Å²) in [6.45, 7) is 0. The molecule has 2 rings (SSSR count). The average molecular weight is 248 g/mol. The van der Waals surface area contributed by atoms with Crippen LogP contribution in [-0.4, -0.2) is 26.6 Å². The van der Waals surface area contributed by atoms with Crippen molar-refractivity contribution in [2.45, 2.75) is 6.36 Å². The van der Waals surface area contributed by atoms with E-state index in [0.29, 0.717) is 4.68 Å². The molecule has 9 heteroatoms. The van der Waals surface area contributed by atoms with Crippen molar-refractivity contribution in [2.75, 3.05) is 0 Å². The lowest BCUT2D eigenvalue weighted by Crippen LogP contribution is -2.18. The van der Waals surface area contributed by atoms with Gasteiger partial charge >= 0.3 is 12.1 Å². The molecule has 1 aromatic heterocycles. The van der Waals surface area contributed by atoms with Gasteiger partial charge in [-0.15, -0.1) is 13.2 Å². The Labute approximate surface area is 93.0 Å². The second kappa shape index (κ2) is 3.92. The van der Waals surface area contributed by atoms with Crippen LogP contribution in [0.1, 0.15) is 1.37 Å². The quantitative estimate of drug-likeness (QED) is 0.855. The number of aromatic nitrogens is 4. The van der Waals surface area contributed by atoms with E-state index in [2.05, 4.69) is 15.2 Å². The minimum Gasteiger partial charge on any atom is -0.406 e. The minimum atomic E-state index is -4.91. The Bertz CT molecular complexity index is 621. The van der Waals surface area contributed by atoms with Gasteiger partial charge in [-0.25, -0.2) is 9.89 Å². The predicted molar refractivity (Wildman–Crippen MR) is 48.7 cm³/mol. The van der Waals surface area contributed by atoms with E-state index < -0.39 is 23.8 Å². The largest absolute Gasteiger partial charge is 0.573 e. The van der Waals surface area contributed by atoms with Crippen LogP contribution in [-0.2, 0) is 0 Å². The number of benzene rings is 1. The van der Waals surface area contributed by atoms with E-state index in [1.54, 1.807) is 0 Å². The van der Waals surface area contributed by atoms with E-state index in [1.807, 2.05) is 5.10 Å². The molecule has 0 atom stereocenters. The SMILES string of the molecule is [3H]c1c(OC(F)(F)F)cccc1-n1nn[nH]c1=O. The van der Waals surface area contributed by atoms with Crippen molar-refractivity contribution in [3.8, 4) is 11.4 Å². The van der Waals surface area contributed by atoms with Crippen molar-refractivity contribution in [3.05, 3.63) is 34.7 Å². The number of hydrogen-bond acceptors (Lipinski definition) is 4. The van der Waals surface area contributed by atoms with Gasteiger partial charge in [0.05, 0.1) is 7.06 Å². The highest BCUT2D eigenvalue weighted by Crippen LogP contribution is 2.23. The molecular weight excluding hydrogens is 241 g/mol. The molecule has 0 radical (unpaired) electrons. The van der Waals surface area contributed by atoms with Gasteiger partial charge in [0.1, 0.15) is 5.75 Å². The molecule has 0 saturated carbocycles. The van der Waals surface area contributed by atoms with Crippen LogP contribution < -0.4 is 10.4 Å². The fraction of sp³-hybridized carbons (Fsp3) is 0.125. The number of halogens is 3. The molecule has 0 aliphatic heterocycles. The van der Waals surface area contributed by atoms with Crippen molar-refractivity contribution in [1.82, 2.24) is 20.2 Å². The number of nitrogens with one attached hydrogen (secondary N) is 1. The molecule has 17 heavy (non-hydrogen) atoms. The molecule has 0 saturated heterocycles. The summed E-state index contributed by atoms with van der Waals surface area (Å²) in [5.41, 5.74) is -0.942. The van der Waals surface area contributed by atoms with E-state index in [1.165, 1.54) is 12.1 Å². The summed E-state index contributed by atoms with van der Waals surface area (Å²) in [5.74, 6) is -0.727. The van der Waals surface area contributed by atoms with Gasteiger partial charge < -0.3 is 4.74 Å². The molecule has 0 fully saturated rings. The summed E-state index contributed by atoms with van der Waals surface area (Å²) in [7, 11) is 0. The third kappa shape index (κ3) is 2.62. The zero-order valence-corrected chi connectivity index (χ0v) is 8.02. The number of nitrogens with zero attached hydrogens (tertiary/aromatic N) is 3. The third-order valence-electron chi connectivity index (χ3n) is 1.68. The summed E-state index contributed by atoms with van der Waals surface area (Å²) < 4.78 is 48.0. The van der Waals surface area contributed by atoms with Gasteiger partial charge in [0.2, 0.25) is 0 Å². The Kier molecular flexibility index (Phi) is 2.28. The van der Waals surface area contributed by atoms with Gasteiger partial charge in [-0.3, -0.25) is 0 Å². The summed E-state index contributed by atoms with van der Waals surface area (Å²) in [6, 6.07) is 2.79. The van der Waals surface area contributed by atoms with Gasteiger partial charge in [-0.1, -0.05) is 6.07 Å². The maximum absolute atomic E-state index is 12.1. The lowest BCUT2D eigenvalue weighted by atomic mass is 10.3. The summed E-state index contributed by atoms with van der Waals surface area (Å²) in [5, 5.41) is 8.46. The van der Waals surface area contributed by atoms with Crippen molar-refractivity contribution < 1.29 is 19.3 Å². The molecule has 0 spiro atoms. The van der Waals surface area contributed by atoms with Crippen LogP contribution in [0.4, 0.5) is 13.2 Å². The normalized spacial score (nSPS) is 12.3. The molecule has 0 amide bonds. The van der Waals surface area contributed by atoms with Gasteiger partial charge in [0.15, 0.2) is 0 Å². The maximum Gasteiger partial charge on any atom is 0.573 e. The molecule has 1 aromatic carbocycles. The molecule has 1 heterocycles. The first-order valence-corrected chi connectivity index (χ1v) is 4.24. The highest BCUT2D eigenvalue weighted by molar-refractivity contribution is 5.38. The number of alkyl halides is 3. The van der Waals surface area contributed by atoms with Gasteiger partial charge in [-0.05, 0) is 22.6 Å². The Morgan fingerprint density at radius 2 is 2.24 bits per heavy atom. The average Bonchev–Trinajstić information content (AvgIpc) is 2.66. The van der Waals surface area contributed by atoms with E-state index in [-0.39, 0.29) is 5.69 Å². The molecule has 90 valence electrons. The van der Waals surface area contributed by atoms with Crippen LogP contribution in [0.3, 0.4) is 0 Å². The van der Waals surface area contributed by atoms with Crippen LogP contribution in [0.25, 0.3) is 5.69 Å². The highest BCUT2D eigenvalue weighted by Gasteiger charge is 2.31. The maximum atomic E-state index is 12.1. The zero-order chi connectivity index (χ0) is 13.3. The molecule has 1 N–H and O–H groups in total. The summed E-state index contributed by atoms with van der Waals surface area (Å²) in [4.78, 5) is 11.2. The standard InChI is InChI=1S/C8H5F3N4O2/c9-8(10,11)17-6-3-1-2-5(4-6)15-7(16)12-13-14-15/h1-4H,(H,12,14,16)/i4T. The van der Waals surface area contributed by atoms with Crippen molar-refractivity contribution in [1.29, 1.82) is 0 Å². The fourth-order valence-corrected chi connectivity index (χ4v) is 1.10. The van der Waals surface area contributed by atoms with Crippen molar-refractivity contribution in [2.24, 2.45) is 0 Å². The molecule has 0 bridgehead atoms. The van der Waals surface area contributed by atoms with Crippen LogP contribution in [0.5, 0.6) is 5.75 Å². The third-order valence-corrected chi connectivity index (χ3v) is 1.68. The predicted octanol–water partition coefficient (Wildman–Crippen LogP) is 0.854. The summed E-state index contributed by atoms with van der Waals surface area (Å²) >= 11 is 0. The first kappa shape index (κ1) is 9.87. The Morgan fingerprint density at radius 3 is 2.82 bits per heavy atom. The van der Waals surface area contributed by atoms with E-state index in [9.17, 15) is 18.0 Å². The Morgan fingerprint density at radius 1 is 1.47 bits per heavy atom. The van der Waals surface area contributed by atoms with Crippen LogP contribution in [0, 0.1) is 0 Å². The zero-order valence-electron chi connectivity index (χ0n) is 9.02. The lowest BCUT2D eigenvalue weighted by Gasteiger charge is -2.09. The second-order valence-electron chi connectivity index (χ2n) is 2.87. The molecule has 6 nitrogen and oxygen atoms in total. The van der Waals surface area contributed by atoms with Crippen LogP contribution in [0.2, 0.25) is 0 Å². The van der Waals surface area contributed by atoms with E-state index >= 15 is 0 Å². The first-order valence-electron chi connectivity index (χ1n) is 4.74. The number of rotatable bonds is 2. The number of ether oxygens (including phenoxy) is 1. The first-order chi connectivity index (χ1) is 8.38. The Balaban J connectivity index is 2.49. The van der Waals surface area contributed by atoms with Gasteiger partial charge in [0.25, 0.3) is 0 Å². The smallest absolute Gasteiger partial charge is 0.406 e. The summed E-state index contributed by atoms with van der Waals surface area (Å²) in [6.07, 6.45) is -4.91. The molecule has 0 unspecified atom stereocenters. The molecule has 0 aliphatic carbocycles. The highest BCUT2D eigenvalue weighted by atomic mass is 19.4. The van der Waals surface area contributed by atoms with E-state index in [4.69, 9.17) is 1.37 Å². The van der Waals surface area contributed by atoms with Crippen LogP contribution in [0.15, 0.2) is 29.0 Å². The van der Waals surface area contributed by atoms with Crippen molar-refractivity contribution in [3.63, 3.8) is 0 Å². The van der Waals surface area contributed by atoms with Gasteiger partial charge in [-0.2, -0.15) is 4.68 Å². The van der Waals surface area contributed by atoms with Crippen molar-refractivity contribution >= 4 is 0 Å². The molecule has 2 aromatic rings. The number of tetrazole rings is 1. The number of hydrogen-bond donors (Lipinski definition) is 1. The van der Waals surface area contributed by atoms with Crippen LogP contribution >= 0.6 is 0 Å². The fourth-order valence-electron chi connectivity index (χ4n) is 1.10. The van der Waals surface area contributed by atoms with Gasteiger partial charge in [0, 0.05) is 6.04 Å². The topological polar surface area (TPSA) is 72.8 Å². The van der Waals surface area contributed by atoms with E-state index in [0.717, 1.165) is 6.07 Å². The second-order valence-corrected chi connectivity index (χ2v) is 2.87. The molecule has 0 aliphatic rings. The number of aromatic amines is 1. The minimum absolute atomic E-state index is 0.171. The lowest BCUT2D eigenvalue weighted by molar-refractivity contribution is -0.274.